The van der Waals surface area contributed by atoms with Crippen LogP contribution in [0.25, 0.3) is 10.9 Å². The van der Waals surface area contributed by atoms with E-state index in [1.807, 2.05) is 0 Å². The van der Waals surface area contributed by atoms with E-state index in [0.29, 0.717) is 10.9 Å². The van der Waals surface area contributed by atoms with Crippen LogP contribution >= 0.6 is 0 Å². The van der Waals surface area contributed by atoms with Gasteiger partial charge in [-0.25, -0.2) is 4.98 Å². The van der Waals surface area contributed by atoms with Crippen molar-refractivity contribution in [3.05, 3.63) is 44.5 Å². The summed E-state index contributed by atoms with van der Waals surface area (Å²) in [6, 6.07) is 5.37. The summed E-state index contributed by atoms with van der Waals surface area (Å²) in [5.41, 5.74) is 0.287. The van der Waals surface area contributed by atoms with Gasteiger partial charge in [0.2, 0.25) is 0 Å². The molecule has 0 amide bonds. The van der Waals surface area contributed by atoms with Gasteiger partial charge in [-0.15, -0.1) is 0 Å². The number of nitro benzene ring substituents is 1. The molecule has 1 heterocycles. The summed E-state index contributed by atoms with van der Waals surface area (Å²) >= 11 is 0. The fourth-order valence-electron chi connectivity index (χ4n) is 1.31. The normalized spacial score (nSPS) is 10.4. The van der Waals surface area contributed by atoms with Gasteiger partial charge in [0, 0.05) is 17.5 Å². The van der Waals surface area contributed by atoms with Crippen molar-refractivity contribution < 1.29 is 9.85 Å². The molecule has 1 aromatic carbocycles. The topological polar surface area (TPSA) is 102 Å². The van der Waals surface area contributed by atoms with E-state index in [-0.39, 0.29) is 11.5 Å². The molecule has 0 unspecified atom stereocenters. The molecule has 1 aromatic heterocycles. The Labute approximate surface area is 82.6 Å². The minimum atomic E-state index is -0.578. The average Bonchev–Trinajstić information content (AvgIpc) is 2.59. The van der Waals surface area contributed by atoms with Gasteiger partial charge in [0.1, 0.15) is 5.52 Å². The lowest BCUT2D eigenvalue weighted by molar-refractivity contribution is -0.389. The van der Waals surface area contributed by atoms with Crippen LogP contribution in [0.5, 0.6) is 0 Å². The first-order valence-electron chi connectivity index (χ1n) is 3.99. The number of hydrogen-bond acceptors (Lipinski definition) is 4. The third kappa shape index (κ3) is 1.50. The Hall–Kier alpha value is -2.44. The highest BCUT2D eigenvalue weighted by molar-refractivity contribution is 5.84. The molecule has 0 spiro atoms. The molecule has 2 aromatic rings. The molecule has 0 atom stereocenters. The van der Waals surface area contributed by atoms with Crippen molar-refractivity contribution in [3.8, 4) is 0 Å². The second kappa shape index (κ2) is 3.05. The molecule has 1 N–H and O–H groups in total. The van der Waals surface area contributed by atoms with Gasteiger partial charge >= 0.3 is 5.82 Å². The van der Waals surface area contributed by atoms with Crippen LogP contribution in [0, 0.1) is 20.2 Å². The molecule has 0 radical (unpaired) electrons. The Morgan fingerprint density at radius 3 is 2.40 bits per heavy atom. The van der Waals surface area contributed by atoms with Gasteiger partial charge in [-0.2, -0.15) is 0 Å². The van der Waals surface area contributed by atoms with Crippen molar-refractivity contribution in [2.24, 2.45) is 0 Å². The van der Waals surface area contributed by atoms with Crippen molar-refractivity contribution in [3.63, 3.8) is 0 Å². The summed E-state index contributed by atoms with van der Waals surface area (Å²) in [6.45, 7) is 0. The van der Waals surface area contributed by atoms with Gasteiger partial charge in [-0.1, -0.05) is 0 Å². The second-order valence-electron chi connectivity index (χ2n) is 2.94. The standard InChI is InChI=1S/C8H5N3O4/c12-10(13)6-2-1-5-3-8(11(14)15)9-7(5)4-6/h1-4,9H. The Morgan fingerprint density at radius 2 is 1.80 bits per heavy atom. The van der Waals surface area contributed by atoms with E-state index >= 15 is 0 Å². The lowest BCUT2D eigenvalue weighted by Crippen LogP contribution is -1.87. The fourth-order valence-corrected chi connectivity index (χ4v) is 1.31. The molecule has 0 aliphatic carbocycles. The van der Waals surface area contributed by atoms with Gasteiger partial charge in [-0.3, -0.25) is 10.1 Å². The first-order valence-corrected chi connectivity index (χ1v) is 3.99. The number of benzene rings is 1. The van der Waals surface area contributed by atoms with Crippen LogP contribution in [0.1, 0.15) is 0 Å². The molecule has 7 heteroatoms. The van der Waals surface area contributed by atoms with Gasteiger partial charge in [-0.05, 0) is 11.0 Å². The first kappa shape index (κ1) is 9.13. The summed E-state index contributed by atoms with van der Waals surface area (Å²) in [5, 5.41) is 21.4. The minimum Gasteiger partial charge on any atom is -0.358 e. The Morgan fingerprint density at radius 1 is 1.07 bits per heavy atom. The van der Waals surface area contributed by atoms with Crippen molar-refractivity contribution >= 4 is 22.4 Å². The molecular weight excluding hydrogens is 202 g/mol. The molecule has 0 aliphatic rings. The van der Waals surface area contributed by atoms with Gasteiger partial charge in [0.25, 0.3) is 5.69 Å². The molecule has 15 heavy (non-hydrogen) atoms. The van der Waals surface area contributed by atoms with Crippen LogP contribution in [-0.2, 0) is 0 Å². The van der Waals surface area contributed by atoms with Crippen LogP contribution in [0.15, 0.2) is 24.3 Å². The number of rotatable bonds is 2. The van der Waals surface area contributed by atoms with Crippen molar-refractivity contribution in [2.45, 2.75) is 0 Å². The molecule has 0 saturated heterocycles. The van der Waals surface area contributed by atoms with Gasteiger partial charge in [0.15, 0.2) is 0 Å². The summed E-state index contributed by atoms with van der Waals surface area (Å²) in [6.07, 6.45) is 0. The average molecular weight is 207 g/mol. The highest BCUT2D eigenvalue weighted by atomic mass is 16.6. The number of H-pyrrole nitrogens is 1. The molecule has 0 saturated carbocycles. The smallest absolute Gasteiger partial charge is 0.321 e. The van der Waals surface area contributed by atoms with Crippen molar-refractivity contribution in [2.75, 3.05) is 0 Å². The summed E-state index contributed by atoms with van der Waals surface area (Å²) in [7, 11) is 0. The second-order valence-corrected chi connectivity index (χ2v) is 2.94. The van der Waals surface area contributed by atoms with Crippen LogP contribution < -0.4 is 0 Å². The van der Waals surface area contributed by atoms with E-state index in [4.69, 9.17) is 0 Å². The quantitative estimate of drug-likeness (QED) is 0.600. The van der Waals surface area contributed by atoms with E-state index in [9.17, 15) is 20.2 Å². The highest BCUT2D eigenvalue weighted by Crippen LogP contribution is 2.24. The number of aromatic amines is 1. The van der Waals surface area contributed by atoms with Crippen LogP contribution in [0.2, 0.25) is 0 Å². The van der Waals surface area contributed by atoms with Crippen LogP contribution in [0.3, 0.4) is 0 Å². The largest absolute Gasteiger partial charge is 0.358 e. The van der Waals surface area contributed by atoms with E-state index in [1.165, 1.54) is 24.3 Å². The first-order chi connectivity index (χ1) is 7.08. The maximum Gasteiger partial charge on any atom is 0.321 e. The third-order valence-corrected chi connectivity index (χ3v) is 2.00. The van der Waals surface area contributed by atoms with E-state index < -0.39 is 9.85 Å². The van der Waals surface area contributed by atoms with Gasteiger partial charge < -0.3 is 10.1 Å². The summed E-state index contributed by atoms with van der Waals surface area (Å²) in [4.78, 5) is 22.2. The SMILES string of the molecule is O=[N+]([O-])c1ccc2cc([N+](=O)[O-])[nH]c2c1. The molecule has 0 aliphatic heterocycles. The highest BCUT2D eigenvalue weighted by Gasteiger charge is 2.13. The van der Waals surface area contributed by atoms with E-state index in [1.54, 1.807) is 0 Å². The zero-order valence-corrected chi connectivity index (χ0v) is 7.34. The molecule has 0 bridgehead atoms. The number of nitro groups is 2. The Bertz CT molecular complexity index is 548. The third-order valence-electron chi connectivity index (χ3n) is 2.00. The number of aromatic nitrogens is 1. The number of nitrogens with one attached hydrogen (secondary N) is 1. The molecule has 2 rings (SSSR count). The Kier molecular flexibility index (Phi) is 1.86. The number of nitrogens with zero attached hydrogens (tertiary/aromatic N) is 2. The maximum atomic E-state index is 10.4. The predicted molar refractivity (Wildman–Crippen MR) is 51.6 cm³/mol. The van der Waals surface area contributed by atoms with Gasteiger partial charge in [0.05, 0.1) is 11.0 Å². The monoisotopic (exact) mass is 207 g/mol. The van der Waals surface area contributed by atoms with E-state index in [0.717, 1.165) is 0 Å². The predicted octanol–water partition coefficient (Wildman–Crippen LogP) is 1.98. The summed E-state index contributed by atoms with van der Waals surface area (Å²) < 4.78 is 0. The van der Waals surface area contributed by atoms with Crippen LogP contribution in [0.4, 0.5) is 11.5 Å². The zero-order valence-electron chi connectivity index (χ0n) is 7.34. The lowest BCUT2D eigenvalue weighted by atomic mass is 10.2. The van der Waals surface area contributed by atoms with Crippen molar-refractivity contribution in [1.82, 2.24) is 4.98 Å². The van der Waals surface area contributed by atoms with E-state index in [2.05, 4.69) is 4.98 Å². The van der Waals surface area contributed by atoms with Crippen LogP contribution in [-0.4, -0.2) is 14.8 Å². The number of non-ortho nitro benzene ring substituents is 1. The zero-order chi connectivity index (χ0) is 11.0. The molecule has 7 nitrogen and oxygen atoms in total. The molecular formula is C8H5N3O4. The number of hydrogen-bond donors (Lipinski definition) is 1. The Balaban J connectivity index is 2.62. The number of fused-ring (bicyclic) bond motifs is 1. The minimum absolute atomic E-state index is 0.0979. The lowest BCUT2D eigenvalue weighted by Gasteiger charge is -1.88. The fraction of sp³-hybridized carbons (Fsp3) is 0. The summed E-state index contributed by atoms with van der Waals surface area (Å²) in [5.74, 6) is -0.175. The molecule has 76 valence electrons. The molecule has 0 fully saturated rings. The maximum absolute atomic E-state index is 10.4. The van der Waals surface area contributed by atoms with Crippen molar-refractivity contribution in [1.29, 1.82) is 0 Å².